The smallest absolute Gasteiger partial charge is 0.378 e. The number of nitrogens with one attached hydrogen (secondary N) is 1. The molecule has 1 aliphatic rings. The lowest BCUT2D eigenvalue weighted by Gasteiger charge is -2.25. The topological polar surface area (TPSA) is 21.3 Å². The maximum absolute atomic E-state index is 12.6. The third-order valence-corrected chi connectivity index (χ3v) is 3.34. The zero-order chi connectivity index (χ0) is 12.5. The Kier molecular flexibility index (Phi) is 5.46. The second-order valence-corrected chi connectivity index (χ2v) is 4.67. The number of morpholine rings is 1. The van der Waals surface area contributed by atoms with Crippen LogP contribution in [0.5, 0.6) is 0 Å². The number of ether oxygens (including phenoxy) is 1. The van der Waals surface area contributed by atoms with Crippen molar-refractivity contribution < 1.29 is 17.9 Å². The molecule has 0 unspecified atom stereocenters. The van der Waals surface area contributed by atoms with Gasteiger partial charge in [-0.15, -0.1) is 12.4 Å². The van der Waals surface area contributed by atoms with Gasteiger partial charge in [-0.1, -0.05) is 15.9 Å². The van der Waals surface area contributed by atoms with Crippen molar-refractivity contribution in [3.8, 4) is 0 Å². The Bertz CT molecular complexity index is 408. The average molecular weight is 347 g/mol. The minimum atomic E-state index is -4.31. The fourth-order valence-electron chi connectivity index (χ4n) is 1.75. The van der Waals surface area contributed by atoms with E-state index in [0.29, 0.717) is 29.8 Å². The highest BCUT2D eigenvalue weighted by molar-refractivity contribution is 9.10. The van der Waals surface area contributed by atoms with E-state index in [-0.39, 0.29) is 18.4 Å². The van der Waals surface area contributed by atoms with Crippen LogP contribution in [0, 0.1) is 0 Å². The number of halogens is 5. The lowest BCUT2D eigenvalue weighted by atomic mass is 10.0. The van der Waals surface area contributed by atoms with Crippen molar-refractivity contribution in [2.24, 2.45) is 0 Å². The molecular weight excluding hydrogens is 334 g/mol. The van der Waals surface area contributed by atoms with Crippen LogP contribution in [-0.2, 0) is 10.9 Å². The van der Waals surface area contributed by atoms with E-state index in [0.717, 1.165) is 12.1 Å². The summed E-state index contributed by atoms with van der Waals surface area (Å²) in [6.07, 6.45) is -4.31. The van der Waals surface area contributed by atoms with Gasteiger partial charge >= 0.3 is 6.18 Å². The van der Waals surface area contributed by atoms with Gasteiger partial charge < -0.3 is 10.1 Å². The average Bonchev–Trinajstić information content (AvgIpc) is 2.29. The van der Waals surface area contributed by atoms with Gasteiger partial charge in [0.25, 0.3) is 0 Å². The van der Waals surface area contributed by atoms with E-state index in [1.165, 1.54) is 6.07 Å². The molecule has 0 aromatic heterocycles. The van der Waals surface area contributed by atoms with Gasteiger partial charge in [0.2, 0.25) is 0 Å². The summed E-state index contributed by atoms with van der Waals surface area (Å²) in [4.78, 5) is 0. The first-order valence-electron chi connectivity index (χ1n) is 5.16. The molecule has 0 spiro atoms. The first-order chi connectivity index (χ1) is 7.98. The Morgan fingerprint density at radius 1 is 1.33 bits per heavy atom. The van der Waals surface area contributed by atoms with Crippen LogP contribution in [0.25, 0.3) is 0 Å². The van der Waals surface area contributed by atoms with Crippen LogP contribution in [-0.4, -0.2) is 19.8 Å². The van der Waals surface area contributed by atoms with Crippen LogP contribution < -0.4 is 5.32 Å². The van der Waals surface area contributed by atoms with Crippen molar-refractivity contribution in [3.63, 3.8) is 0 Å². The molecule has 0 aliphatic carbocycles. The summed E-state index contributed by atoms with van der Waals surface area (Å²) in [7, 11) is 0. The molecule has 0 amide bonds. The van der Waals surface area contributed by atoms with Crippen molar-refractivity contribution >= 4 is 28.3 Å². The molecule has 0 saturated carbocycles. The van der Waals surface area contributed by atoms with Crippen LogP contribution in [0.1, 0.15) is 17.2 Å². The highest BCUT2D eigenvalue weighted by atomic mass is 79.9. The molecule has 1 aromatic carbocycles. The van der Waals surface area contributed by atoms with Crippen LogP contribution in [0.2, 0.25) is 0 Å². The predicted molar refractivity (Wildman–Crippen MR) is 68.0 cm³/mol. The fourth-order valence-corrected chi connectivity index (χ4v) is 2.28. The molecule has 102 valence electrons. The highest BCUT2D eigenvalue weighted by Gasteiger charge is 2.32. The summed E-state index contributed by atoms with van der Waals surface area (Å²) in [5, 5.41) is 3.13. The summed E-state index contributed by atoms with van der Waals surface area (Å²) in [6.45, 7) is 1.63. The van der Waals surface area contributed by atoms with Crippen molar-refractivity contribution in [2.75, 3.05) is 19.8 Å². The molecule has 1 N–H and O–H groups in total. The van der Waals surface area contributed by atoms with Crippen molar-refractivity contribution in [2.45, 2.75) is 12.2 Å². The van der Waals surface area contributed by atoms with Crippen LogP contribution in [0.3, 0.4) is 0 Å². The maximum Gasteiger partial charge on any atom is 0.416 e. The van der Waals surface area contributed by atoms with Crippen molar-refractivity contribution in [1.82, 2.24) is 5.32 Å². The van der Waals surface area contributed by atoms with E-state index in [9.17, 15) is 13.2 Å². The minimum Gasteiger partial charge on any atom is -0.378 e. The summed E-state index contributed by atoms with van der Waals surface area (Å²) in [6, 6.07) is 3.46. The van der Waals surface area contributed by atoms with Crippen LogP contribution in [0.4, 0.5) is 13.2 Å². The molecule has 2 nitrogen and oxygen atoms in total. The zero-order valence-electron chi connectivity index (χ0n) is 9.26. The van der Waals surface area contributed by atoms with Gasteiger partial charge in [0, 0.05) is 11.0 Å². The highest BCUT2D eigenvalue weighted by Crippen LogP contribution is 2.34. The molecule has 1 aromatic rings. The van der Waals surface area contributed by atoms with E-state index >= 15 is 0 Å². The molecule has 1 fully saturated rings. The van der Waals surface area contributed by atoms with Crippen LogP contribution in [0.15, 0.2) is 22.7 Å². The molecule has 2 rings (SSSR count). The lowest BCUT2D eigenvalue weighted by Crippen LogP contribution is -2.34. The molecule has 1 heterocycles. The maximum atomic E-state index is 12.6. The van der Waals surface area contributed by atoms with Gasteiger partial charge in [0.05, 0.1) is 24.8 Å². The molecule has 0 radical (unpaired) electrons. The van der Waals surface area contributed by atoms with Crippen molar-refractivity contribution in [3.05, 3.63) is 33.8 Å². The number of alkyl halides is 3. The summed E-state index contributed by atoms with van der Waals surface area (Å²) in [5.41, 5.74) is -0.0531. The first kappa shape index (κ1) is 15.8. The van der Waals surface area contributed by atoms with E-state index in [1.54, 1.807) is 0 Å². The summed E-state index contributed by atoms with van der Waals surface area (Å²) >= 11 is 3.27. The quantitative estimate of drug-likeness (QED) is 0.840. The Morgan fingerprint density at radius 3 is 2.61 bits per heavy atom. The summed E-state index contributed by atoms with van der Waals surface area (Å²) in [5.74, 6) is 0. The van der Waals surface area contributed by atoms with Crippen molar-refractivity contribution in [1.29, 1.82) is 0 Å². The number of benzene rings is 1. The molecule has 18 heavy (non-hydrogen) atoms. The van der Waals surface area contributed by atoms with Gasteiger partial charge in [-0.25, -0.2) is 0 Å². The van der Waals surface area contributed by atoms with Gasteiger partial charge in [0.1, 0.15) is 0 Å². The van der Waals surface area contributed by atoms with Gasteiger partial charge in [-0.05, 0) is 23.8 Å². The molecule has 1 aliphatic heterocycles. The van der Waals surface area contributed by atoms with E-state index in [2.05, 4.69) is 21.2 Å². The summed E-state index contributed by atoms with van der Waals surface area (Å²) < 4.78 is 43.7. The van der Waals surface area contributed by atoms with E-state index < -0.39 is 11.7 Å². The number of rotatable bonds is 1. The van der Waals surface area contributed by atoms with E-state index in [4.69, 9.17) is 4.74 Å². The zero-order valence-corrected chi connectivity index (χ0v) is 11.7. The molecule has 0 bridgehead atoms. The monoisotopic (exact) mass is 345 g/mol. The second kappa shape index (κ2) is 6.23. The lowest BCUT2D eigenvalue weighted by molar-refractivity contribution is -0.137. The van der Waals surface area contributed by atoms with Gasteiger partial charge in [0.15, 0.2) is 0 Å². The molecule has 7 heteroatoms. The molecule has 1 saturated heterocycles. The fraction of sp³-hybridized carbons (Fsp3) is 0.455. The van der Waals surface area contributed by atoms with Gasteiger partial charge in [-0.3, -0.25) is 0 Å². The predicted octanol–water partition coefficient (Wildman–Crippen LogP) is 3.55. The largest absolute Gasteiger partial charge is 0.416 e. The van der Waals surface area contributed by atoms with Gasteiger partial charge in [-0.2, -0.15) is 13.2 Å². The third-order valence-electron chi connectivity index (χ3n) is 2.62. The van der Waals surface area contributed by atoms with Crippen LogP contribution >= 0.6 is 28.3 Å². The first-order valence-corrected chi connectivity index (χ1v) is 5.95. The Balaban J connectivity index is 0.00000162. The Morgan fingerprint density at radius 2 is 2.06 bits per heavy atom. The number of hydrogen-bond acceptors (Lipinski definition) is 2. The third kappa shape index (κ3) is 3.60. The Hall–Kier alpha value is -0.300. The SMILES string of the molecule is Cl.FC(F)(F)c1ccc(Br)c([C@@H]2COCCN2)c1. The molecule has 1 atom stereocenters. The van der Waals surface area contributed by atoms with E-state index in [1.807, 2.05) is 0 Å². The Labute approximate surface area is 117 Å². The normalized spacial score (nSPS) is 20.3. The molecular formula is C11H12BrClF3NO. The number of hydrogen-bond donors (Lipinski definition) is 1. The minimum absolute atomic E-state index is 0. The second-order valence-electron chi connectivity index (χ2n) is 3.82. The standard InChI is InChI=1S/C11H11BrF3NO.ClH/c12-9-2-1-7(11(13,14)15)5-8(9)10-6-17-4-3-16-10;/h1-2,5,10,16H,3-4,6H2;1H/t10-;/m0./s1.